The summed E-state index contributed by atoms with van der Waals surface area (Å²) in [6.45, 7) is 2.56. The molecule has 1 saturated heterocycles. The van der Waals surface area contributed by atoms with Crippen LogP contribution in [0.5, 0.6) is 0 Å². The smallest absolute Gasteiger partial charge is 0.246 e. The first-order valence-corrected chi connectivity index (χ1v) is 9.74. The predicted molar refractivity (Wildman–Crippen MR) is 95.5 cm³/mol. The molecule has 0 N–H and O–H groups in total. The maximum atomic E-state index is 12.4. The quantitative estimate of drug-likeness (QED) is 0.787. The molecule has 24 heavy (non-hydrogen) atoms. The molecule has 1 aromatic rings. The minimum Gasteiger partial charge on any atom is -0.339 e. The minimum atomic E-state index is 0.00424. The fraction of sp³-hybridized carbons (Fsp3) is 0.611. The Bertz CT molecular complexity index is 571. The molecular weight excluding hydrogens is 322 g/mol. The second-order valence-electron chi connectivity index (χ2n) is 6.62. The first kappa shape index (κ1) is 17.1. The number of thiazole rings is 1. The third-order valence-corrected chi connectivity index (χ3v) is 5.69. The van der Waals surface area contributed by atoms with Crippen molar-refractivity contribution in [3.63, 3.8) is 0 Å². The predicted octanol–water partition coefficient (Wildman–Crippen LogP) is 2.80. The van der Waals surface area contributed by atoms with Crippen molar-refractivity contribution in [1.29, 1.82) is 0 Å². The number of hydrogen-bond acceptors (Lipinski definition) is 4. The largest absolute Gasteiger partial charge is 0.339 e. The number of rotatable bonds is 4. The summed E-state index contributed by atoms with van der Waals surface area (Å²) in [4.78, 5) is 32.5. The average molecular weight is 347 g/mol. The molecule has 0 aromatic carbocycles. The van der Waals surface area contributed by atoms with E-state index in [0.29, 0.717) is 38.5 Å². The minimum absolute atomic E-state index is 0.00424. The van der Waals surface area contributed by atoms with E-state index in [2.05, 4.69) is 4.98 Å². The van der Waals surface area contributed by atoms with E-state index in [1.165, 1.54) is 43.4 Å². The van der Waals surface area contributed by atoms with Crippen molar-refractivity contribution < 1.29 is 9.59 Å². The van der Waals surface area contributed by atoms with Gasteiger partial charge in [-0.3, -0.25) is 9.59 Å². The van der Waals surface area contributed by atoms with Crippen LogP contribution in [0.2, 0.25) is 0 Å². The van der Waals surface area contributed by atoms with Crippen LogP contribution in [0.4, 0.5) is 0 Å². The standard InChI is InChI=1S/C18H25N3O2S/c22-17(7-6-16-19-8-13-24-16)20-9-11-21(12-10-20)18(23)14-15-4-2-1-3-5-15/h6-8,13,15H,1-5,9-12,14H2/b7-6-. The zero-order chi connectivity index (χ0) is 16.8. The van der Waals surface area contributed by atoms with Gasteiger partial charge < -0.3 is 9.80 Å². The average Bonchev–Trinajstić information content (AvgIpc) is 3.14. The Morgan fingerprint density at radius 3 is 2.50 bits per heavy atom. The lowest BCUT2D eigenvalue weighted by Gasteiger charge is -2.35. The summed E-state index contributed by atoms with van der Waals surface area (Å²) in [5, 5.41) is 2.73. The Hall–Kier alpha value is -1.69. The van der Waals surface area contributed by atoms with E-state index in [9.17, 15) is 9.59 Å². The Morgan fingerprint density at radius 1 is 1.12 bits per heavy atom. The lowest BCUT2D eigenvalue weighted by molar-refractivity contribution is -0.138. The van der Waals surface area contributed by atoms with Gasteiger partial charge in [-0.15, -0.1) is 11.3 Å². The summed E-state index contributed by atoms with van der Waals surface area (Å²) in [5.74, 6) is 0.851. The molecule has 0 bridgehead atoms. The van der Waals surface area contributed by atoms with Crippen molar-refractivity contribution in [3.8, 4) is 0 Å². The van der Waals surface area contributed by atoms with Crippen molar-refractivity contribution in [2.75, 3.05) is 26.2 Å². The second-order valence-corrected chi connectivity index (χ2v) is 7.54. The molecule has 5 nitrogen and oxygen atoms in total. The molecular formula is C18H25N3O2S. The molecule has 0 radical (unpaired) electrons. The Kier molecular flexibility index (Phi) is 6.01. The van der Waals surface area contributed by atoms with Crippen molar-refractivity contribution in [1.82, 2.24) is 14.8 Å². The molecule has 6 heteroatoms. The Morgan fingerprint density at radius 2 is 1.83 bits per heavy atom. The summed E-state index contributed by atoms with van der Waals surface area (Å²) < 4.78 is 0. The van der Waals surface area contributed by atoms with E-state index in [4.69, 9.17) is 0 Å². The van der Waals surface area contributed by atoms with Gasteiger partial charge in [-0.1, -0.05) is 19.3 Å². The summed E-state index contributed by atoms with van der Waals surface area (Å²) in [6.07, 6.45) is 12.0. The molecule has 2 fully saturated rings. The van der Waals surface area contributed by atoms with Crippen LogP contribution in [0.25, 0.3) is 6.08 Å². The lowest BCUT2D eigenvalue weighted by Crippen LogP contribution is -2.50. The fourth-order valence-electron chi connectivity index (χ4n) is 3.51. The van der Waals surface area contributed by atoms with Crippen molar-refractivity contribution >= 4 is 29.2 Å². The topological polar surface area (TPSA) is 53.5 Å². The van der Waals surface area contributed by atoms with Gasteiger partial charge in [0.1, 0.15) is 5.01 Å². The Balaban J connectivity index is 1.43. The number of nitrogens with zero attached hydrogens (tertiary/aromatic N) is 3. The van der Waals surface area contributed by atoms with Crippen molar-refractivity contribution in [2.24, 2.45) is 5.92 Å². The monoisotopic (exact) mass is 347 g/mol. The fourth-order valence-corrected chi connectivity index (χ4v) is 4.04. The van der Waals surface area contributed by atoms with Crippen LogP contribution in [-0.2, 0) is 9.59 Å². The number of amides is 2. The second kappa shape index (κ2) is 8.42. The van der Waals surface area contributed by atoms with Crippen LogP contribution in [0, 0.1) is 5.92 Å². The molecule has 1 aliphatic carbocycles. The van der Waals surface area contributed by atoms with Gasteiger partial charge in [0.2, 0.25) is 11.8 Å². The van der Waals surface area contributed by atoms with Crippen LogP contribution in [0.3, 0.4) is 0 Å². The third kappa shape index (κ3) is 4.66. The molecule has 130 valence electrons. The van der Waals surface area contributed by atoms with E-state index in [1.807, 2.05) is 15.2 Å². The van der Waals surface area contributed by atoms with Crippen LogP contribution >= 0.6 is 11.3 Å². The Labute approximate surface area is 147 Å². The zero-order valence-corrected chi connectivity index (χ0v) is 14.8. The molecule has 0 spiro atoms. The molecule has 0 unspecified atom stereocenters. The van der Waals surface area contributed by atoms with Gasteiger partial charge in [0.15, 0.2) is 0 Å². The maximum absolute atomic E-state index is 12.4. The summed E-state index contributed by atoms with van der Waals surface area (Å²) in [7, 11) is 0. The maximum Gasteiger partial charge on any atom is 0.246 e. The highest BCUT2D eigenvalue weighted by molar-refractivity contribution is 7.10. The first-order valence-electron chi connectivity index (χ1n) is 8.86. The number of carbonyl (C=O) groups is 2. The van der Waals surface area contributed by atoms with Crippen molar-refractivity contribution in [2.45, 2.75) is 38.5 Å². The highest BCUT2D eigenvalue weighted by Gasteiger charge is 2.25. The van der Waals surface area contributed by atoms with Gasteiger partial charge in [0, 0.05) is 50.3 Å². The molecule has 1 aromatic heterocycles. The number of piperazine rings is 1. The summed E-state index contributed by atoms with van der Waals surface area (Å²) in [6, 6.07) is 0. The van der Waals surface area contributed by atoms with Gasteiger partial charge in [0.05, 0.1) is 0 Å². The zero-order valence-electron chi connectivity index (χ0n) is 14.0. The van der Waals surface area contributed by atoms with Crippen LogP contribution < -0.4 is 0 Å². The highest BCUT2D eigenvalue weighted by Crippen LogP contribution is 2.27. The lowest BCUT2D eigenvalue weighted by atomic mass is 9.86. The van der Waals surface area contributed by atoms with Crippen LogP contribution in [-0.4, -0.2) is 52.8 Å². The number of hydrogen-bond donors (Lipinski definition) is 0. The molecule has 1 saturated carbocycles. The number of aromatic nitrogens is 1. The van der Waals surface area contributed by atoms with E-state index in [1.54, 1.807) is 18.3 Å². The molecule has 0 atom stereocenters. The normalized spacial score (nSPS) is 19.8. The van der Waals surface area contributed by atoms with Gasteiger partial charge in [-0.05, 0) is 24.8 Å². The first-order chi connectivity index (χ1) is 11.7. The molecule has 2 heterocycles. The molecule has 3 rings (SSSR count). The summed E-state index contributed by atoms with van der Waals surface area (Å²) in [5.41, 5.74) is 0. The van der Waals surface area contributed by atoms with Gasteiger partial charge >= 0.3 is 0 Å². The van der Waals surface area contributed by atoms with E-state index in [0.717, 1.165) is 5.01 Å². The van der Waals surface area contributed by atoms with E-state index < -0.39 is 0 Å². The van der Waals surface area contributed by atoms with Crippen molar-refractivity contribution in [3.05, 3.63) is 22.7 Å². The van der Waals surface area contributed by atoms with Gasteiger partial charge in [-0.2, -0.15) is 0 Å². The molecule has 2 aliphatic rings. The van der Waals surface area contributed by atoms with Gasteiger partial charge in [-0.25, -0.2) is 4.98 Å². The molecule has 1 aliphatic heterocycles. The van der Waals surface area contributed by atoms with E-state index >= 15 is 0 Å². The SMILES string of the molecule is O=C(/C=C\c1nccs1)N1CCN(C(=O)CC2CCCCC2)CC1. The van der Waals surface area contributed by atoms with Crippen LogP contribution in [0.15, 0.2) is 17.7 Å². The number of carbonyl (C=O) groups excluding carboxylic acids is 2. The third-order valence-electron chi connectivity index (χ3n) is 4.95. The molecule has 2 amide bonds. The van der Waals surface area contributed by atoms with Crippen LogP contribution in [0.1, 0.15) is 43.5 Å². The van der Waals surface area contributed by atoms with Gasteiger partial charge in [0.25, 0.3) is 0 Å². The summed E-state index contributed by atoms with van der Waals surface area (Å²) >= 11 is 1.51. The highest BCUT2D eigenvalue weighted by atomic mass is 32.1. The van der Waals surface area contributed by atoms with E-state index in [-0.39, 0.29) is 11.8 Å².